The molecule has 1 unspecified atom stereocenters. The lowest BCUT2D eigenvalue weighted by atomic mass is 10.2. The highest BCUT2D eigenvalue weighted by Gasteiger charge is 2.20. The molecule has 29 heavy (non-hydrogen) atoms. The number of hydrogen-bond acceptors (Lipinski definition) is 8. The van der Waals surface area contributed by atoms with Gasteiger partial charge in [-0.15, -0.1) is 11.3 Å². The van der Waals surface area contributed by atoms with E-state index in [-0.39, 0.29) is 21.6 Å². The van der Waals surface area contributed by atoms with E-state index in [2.05, 4.69) is 10.0 Å². The number of anilines is 1. The summed E-state index contributed by atoms with van der Waals surface area (Å²) in [6.45, 7) is 0.521. The first kappa shape index (κ1) is 21.1. The number of phenolic OH excluding ortho intramolecular Hbond substituents is 1. The Bertz CT molecular complexity index is 968. The first-order valence-corrected chi connectivity index (χ1v) is 11.2. The molecule has 1 aliphatic heterocycles. The highest BCUT2D eigenvalue weighted by atomic mass is 32.2. The van der Waals surface area contributed by atoms with Crippen LogP contribution in [0.3, 0.4) is 0 Å². The number of thiophene rings is 1. The molecular weight excluding hydrogens is 420 g/mol. The minimum absolute atomic E-state index is 0.0239. The number of esters is 1. The molecule has 0 saturated carbocycles. The van der Waals surface area contributed by atoms with Crippen LogP contribution in [0.4, 0.5) is 5.69 Å². The van der Waals surface area contributed by atoms with Crippen molar-refractivity contribution in [1.82, 2.24) is 5.32 Å². The van der Waals surface area contributed by atoms with Crippen molar-refractivity contribution in [3.63, 3.8) is 0 Å². The largest absolute Gasteiger partial charge is 0.507 e. The molecule has 1 atom stereocenters. The van der Waals surface area contributed by atoms with Gasteiger partial charge >= 0.3 is 5.97 Å². The molecule has 11 heteroatoms. The SMILES string of the molecule is O=C(COC(=O)c1ccc(NS(=O)(=O)c2cccs2)cc1O)NCC1CCCO1. The summed E-state index contributed by atoms with van der Waals surface area (Å²) in [5.74, 6) is -1.85. The Morgan fingerprint density at radius 3 is 2.79 bits per heavy atom. The Labute approximate surface area is 171 Å². The number of aromatic hydroxyl groups is 1. The van der Waals surface area contributed by atoms with E-state index in [1.807, 2.05) is 0 Å². The predicted octanol–water partition coefficient (Wildman–Crippen LogP) is 1.71. The van der Waals surface area contributed by atoms with Crippen LogP contribution >= 0.6 is 11.3 Å². The summed E-state index contributed by atoms with van der Waals surface area (Å²) in [6.07, 6.45) is 1.80. The molecule has 156 valence electrons. The number of amides is 1. The number of rotatable bonds is 8. The summed E-state index contributed by atoms with van der Waals surface area (Å²) in [4.78, 5) is 23.9. The van der Waals surface area contributed by atoms with Gasteiger partial charge in [0.15, 0.2) is 6.61 Å². The molecule has 1 aromatic carbocycles. The number of hydrogen-bond donors (Lipinski definition) is 3. The quantitative estimate of drug-likeness (QED) is 0.533. The lowest BCUT2D eigenvalue weighted by Crippen LogP contribution is -2.34. The Kier molecular flexibility index (Phi) is 6.72. The zero-order chi connectivity index (χ0) is 20.9. The molecule has 1 aromatic heterocycles. The van der Waals surface area contributed by atoms with E-state index in [0.717, 1.165) is 30.2 Å². The van der Waals surface area contributed by atoms with E-state index in [1.165, 1.54) is 18.2 Å². The van der Waals surface area contributed by atoms with Crippen molar-refractivity contribution >= 4 is 38.9 Å². The van der Waals surface area contributed by atoms with Gasteiger partial charge in [0.1, 0.15) is 15.5 Å². The number of phenols is 1. The zero-order valence-electron chi connectivity index (χ0n) is 15.3. The highest BCUT2D eigenvalue weighted by Crippen LogP contribution is 2.26. The van der Waals surface area contributed by atoms with Crippen molar-refractivity contribution in [2.45, 2.75) is 23.2 Å². The lowest BCUT2D eigenvalue weighted by molar-refractivity contribution is -0.124. The molecule has 1 aliphatic rings. The fourth-order valence-electron chi connectivity index (χ4n) is 2.68. The first-order valence-electron chi connectivity index (χ1n) is 8.80. The monoisotopic (exact) mass is 440 g/mol. The molecule has 9 nitrogen and oxygen atoms in total. The number of benzene rings is 1. The first-order chi connectivity index (χ1) is 13.8. The van der Waals surface area contributed by atoms with Gasteiger partial charge in [0, 0.05) is 19.2 Å². The molecule has 2 aromatic rings. The van der Waals surface area contributed by atoms with Crippen molar-refractivity contribution in [3.8, 4) is 5.75 Å². The van der Waals surface area contributed by atoms with Gasteiger partial charge in [-0.1, -0.05) is 6.07 Å². The number of carbonyl (C=O) groups is 2. The smallest absolute Gasteiger partial charge is 0.342 e. The molecule has 1 amide bonds. The van der Waals surface area contributed by atoms with E-state index < -0.39 is 34.3 Å². The molecular formula is C18H20N2O7S2. The lowest BCUT2D eigenvalue weighted by Gasteiger charge is -2.12. The van der Waals surface area contributed by atoms with Crippen molar-refractivity contribution in [3.05, 3.63) is 41.3 Å². The van der Waals surface area contributed by atoms with Crippen molar-refractivity contribution in [1.29, 1.82) is 0 Å². The van der Waals surface area contributed by atoms with Gasteiger partial charge in [0.25, 0.3) is 15.9 Å². The summed E-state index contributed by atoms with van der Waals surface area (Å²) >= 11 is 1.05. The van der Waals surface area contributed by atoms with Crippen LogP contribution in [0.15, 0.2) is 39.9 Å². The predicted molar refractivity (Wildman–Crippen MR) is 106 cm³/mol. The average Bonchev–Trinajstić information content (AvgIpc) is 3.38. The Morgan fingerprint density at radius 2 is 2.14 bits per heavy atom. The highest BCUT2D eigenvalue weighted by molar-refractivity contribution is 7.94. The molecule has 1 fully saturated rings. The molecule has 0 bridgehead atoms. The summed E-state index contributed by atoms with van der Waals surface area (Å²) in [5.41, 5.74) is -0.0993. The van der Waals surface area contributed by atoms with E-state index in [1.54, 1.807) is 11.4 Å². The third-order valence-electron chi connectivity index (χ3n) is 4.12. The molecule has 2 heterocycles. The summed E-state index contributed by atoms with van der Waals surface area (Å²) in [6, 6.07) is 6.68. The second kappa shape index (κ2) is 9.25. The second-order valence-electron chi connectivity index (χ2n) is 6.28. The van der Waals surface area contributed by atoms with Crippen LogP contribution in [0.2, 0.25) is 0 Å². The summed E-state index contributed by atoms with van der Waals surface area (Å²) in [7, 11) is -3.78. The van der Waals surface area contributed by atoms with Crippen LogP contribution in [0.1, 0.15) is 23.2 Å². The van der Waals surface area contributed by atoms with Gasteiger partial charge < -0.3 is 19.9 Å². The van der Waals surface area contributed by atoms with Crippen molar-refractivity contribution in [2.75, 3.05) is 24.5 Å². The third kappa shape index (κ3) is 5.68. The van der Waals surface area contributed by atoms with Crippen LogP contribution in [-0.4, -0.2) is 51.3 Å². The van der Waals surface area contributed by atoms with Crippen molar-refractivity contribution < 1.29 is 32.6 Å². The Hall–Kier alpha value is -2.63. The Morgan fingerprint density at radius 1 is 1.31 bits per heavy atom. The molecule has 1 saturated heterocycles. The molecule has 3 N–H and O–H groups in total. The second-order valence-corrected chi connectivity index (χ2v) is 9.14. The molecule has 0 spiro atoms. The van der Waals surface area contributed by atoms with Crippen LogP contribution in [0, 0.1) is 0 Å². The van der Waals surface area contributed by atoms with Crippen LogP contribution in [0.5, 0.6) is 5.75 Å². The minimum atomic E-state index is -3.78. The minimum Gasteiger partial charge on any atom is -0.507 e. The third-order valence-corrected chi connectivity index (χ3v) is 6.89. The topological polar surface area (TPSA) is 131 Å². The van der Waals surface area contributed by atoms with E-state index in [0.29, 0.717) is 13.2 Å². The van der Waals surface area contributed by atoms with Crippen LogP contribution in [-0.2, 0) is 24.3 Å². The maximum absolute atomic E-state index is 12.2. The van der Waals surface area contributed by atoms with E-state index >= 15 is 0 Å². The van der Waals surface area contributed by atoms with Crippen LogP contribution < -0.4 is 10.0 Å². The number of nitrogens with one attached hydrogen (secondary N) is 2. The van der Waals surface area contributed by atoms with Gasteiger partial charge in [-0.25, -0.2) is 13.2 Å². The maximum atomic E-state index is 12.2. The summed E-state index contributed by atoms with van der Waals surface area (Å²) < 4.78 is 37.1. The number of carbonyl (C=O) groups excluding carboxylic acids is 2. The van der Waals surface area contributed by atoms with Gasteiger partial charge in [0.2, 0.25) is 0 Å². The molecule has 3 rings (SSSR count). The van der Waals surface area contributed by atoms with Gasteiger partial charge in [-0.3, -0.25) is 9.52 Å². The fraction of sp³-hybridized carbons (Fsp3) is 0.333. The number of ether oxygens (including phenoxy) is 2. The normalized spacial score (nSPS) is 16.3. The van der Waals surface area contributed by atoms with E-state index in [4.69, 9.17) is 9.47 Å². The Balaban J connectivity index is 1.53. The van der Waals surface area contributed by atoms with Gasteiger partial charge in [-0.2, -0.15) is 0 Å². The summed E-state index contributed by atoms with van der Waals surface area (Å²) in [5, 5.41) is 14.3. The molecule has 0 aliphatic carbocycles. The molecule has 0 radical (unpaired) electrons. The zero-order valence-corrected chi connectivity index (χ0v) is 16.9. The maximum Gasteiger partial charge on any atom is 0.342 e. The van der Waals surface area contributed by atoms with E-state index in [9.17, 15) is 23.1 Å². The number of sulfonamides is 1. The van der Waals surface area contributed by atoms with Crippen LogP contribution in [0.25, 0.3) is 0 Å². The van der Waals surface area contributed by atoms with Crippen molar-refractivity contribution in [2.24, 2.45) is 0 Å². The fourth-order valence-corrected chi connectivity index (χ4v) is 4.72. The van der Waals surface area contributed by atoms with Gasteiger partial charge in [-0.05, 0) is 36.4 Å². The van der Waals surface area contributed by atoms with Gasteiger partial charge in [0.05, 0.1) is 11.8 Å². The average molecular weight is 440 g/mol. The standard InChI is InChI=1S/C18H20N2O7S2/c21-15-9-12(20-29(24,25)17-4-2-8-28-17)5-6-14(15)18(23)27-11-16(22)19-10-13-3-1-7-26-13/h2,4-6,8-9,13,20-21H,1,3,7,10-11H2,(H,19,22).